The Kier molecular flexibility index (Phi) is 5.93. The van der Waals surface area contributed by atoms with Crippen molar-refractivity contribution < 1.29 is 0 Å². The van der Waals surface area contributed by atoms with Crippen LogP contribution in [0.5, 0.6) is 0 Å². The third-order valence-corrected chi connectivity index (χ3v) is 3.27. The zero-order chi connectivity index (χ0) is 15.3. The van der Waals surface area contributed by atoms with Crippen LogP contribution in [-0.4, -0.2) is 28.6 Å². The van der Waals surface area contributed by atoms with E-state index >= 15 is 0 Å². The number of nitrogens with one attached hydrogen (secondary N) is 1. The van der Waals surface area contributed by atoms with Gasteiger partial charge < -0.3 is 10.2 Å². The average Bonchev–Trinajstić information content (AvgIpc) is 2.37. The summed E-state index contributed by atoms with van der Waals surface area (Å²) in [6, 6.07) is 0. The molecule has 1 heterocycles. The standard InChI is InChI=1S/C16H30N4/c1-8-20(9-2)14-11-17-15(12(3)4)19-13(14)10-18-16(5,6)7/h11-12,18H,8-10H2,1-7H3. The summed E-state index contributed by atoms with van der Waals surface area (Å²) >= 11 is 0. The van der Waals surface area contributed by atoms with Crippen molar-refractivity contribution in [1.29, 1.82) is 0 Å². The van der Waals surface area contributed by atoms with Crippen molar-refractivity contribution in [3.05, 3.63) is 17.7 Å². The summed E-state index contributed by atoms with van der Waals surface area (Å²) in [5.41, 5.74) is 2.34. The van der Waals surface area contributed by atoms with E-state index in [1.54, 1.807) is 0 Å². The fraction of sp³-hybridized carbons (Fsp3) is 0.750. The van der Waals surface area contributed by atoms with Gasteiger partial charge in [-0.05, 0) is 34.6 Å². The number of aromatic nitrogens is 2. The number of hydrogen-bond acceptors (Lipinski definition) is 4. The van der Waals surface area contributed by atoms with Crippen LogP contribution in [0.15, 0.2) is 6.20 Å². The van der Waals surface area contributed by atoms with Crippen molar-refractivity contribution >= 4 is 5.69 Å². The zero-order valence-electron chi connectivity index (χ0n) is 14.1. The van der Waals surface area contributed by atoms with Crippen LogP contribution < -0.4 is 10.2 Å². The molecule has 0 aliphatic heterocycles. The number of anilines is 1. The van der Waals surface area contributed by atoms with Crippen molar-refractivity contribution in [2.24, 2.45) is 0 Å². The second kappa shape index (κ2) is 7.02. The minimum Gasteiger partial charge on any atom is -0.369 e. The third-order valence-electron chi connectivity index (χ3n) is 3.27. The Labute approximate surface area is 124 Å². The van der Waals surface area contributed by atoms with Gasteiger partial charge in [0.2, 0.25) is 0 Å². The van der Waals surface area contributed by atoms with Gasteiger partial charge in [0.25, 0.3) is 0 Å². The molecule has 0 saturated carbocycles. The maximum Gasteiger partial charge on any atom is 0.131 e. The van der Waals surface area contributed by atoms with E-state index in [1.165, 1.54) is 0 Å². The van der Waals surface area contributed by atoms with E-state index in [-0.39, 0.29) is 5.54 Å². The predicted molar refractivity (Wildman–Crippen MR) is 86.3 cm³/mol. The SMILES string of the molecule is CCN(CC)c1cnc(C(C)C)nc1CNC(C)(C)C. The largest absolute Gasteiger partial charge is 0.369 e. The van der Waals surface area contributed by atoms with E-state index in [9.17, 15) is 0 Å². The highest BCUT2D eigenvalue weighted by Gasteiger charge is 2.16. The van der Waals surface area contributed by atoms with Gasteiger partial charge in [0, 0.05) is 31.1 Å². The predicted octanol–water partition coefficient (Wildman–Crippen LogP) is 3.33. The first-order chi connectivity index (χ1) is 9.28. The van der Waals surface area contributed by atoms with Gasteiger partial charge >= 0.3 is 0 Å². The Morgan fingerprint density at radius 3 is 2.25 bits per heavy atom. The lowest BCUT2D eigenvalue weighted by Gasteiger charge is -2.26. The first-order valence-electron chi connectivity index (χ1n) is 7.64. The van der Waals surface area contributed by atoms with E-state index in [2.05, 4.69) is 63.7 Å². The smallest absolute Gasteiger partial charge is 0.131 e. The van der Waals surface area contributed by atoms with Crippen LogP contribution in [0.25, 0.3) is 0 Å². The Bertz CT molecular complexity index is 417. The van der Waals surface area contributed by atoms with Gasteiger partial charge in [0.1, 0.15) is 5.82 Å². The molecule has 4 nitrogen and oxygen atoms in total. The molecule has 0 atom stereocenters. The van der Waals surface area contributed by atoms with Gasteiger partial charge in [0.05, 0.1) is 17.6 Å². The quantitative estimate of drug-likeness (QED) is 0.866. The molecule has 0 saturated heterocycles. The minimum absolute atomic E-state index is 0.0868. The first-order valence-corrected chi connectivity index (χ1v) is 7.64. The van der Waals surface area contributed by atoms with Gasteiger partial charge in [-0.15, -0.1) is 0 Å². The summed E-state index contributed by atoms with van der Waals surface area (Å²) in [5, 5.41) is 3.53. The molecule has 20 heavy (non-hydrogen) atoms. The van der Waals surface area contributed by atoms with Crippen LogP contribution in [0, 0.1) is 0 Å². The van der Waals surface area contributed by atoms with Crippen molar-refractivity contribution in [2.75, 3.05) is 18.0 Å². The van der Waals surface area contributed by atoms with Crippen LogP contribution >= 0.6 is 0 Å². The molecule has 0 unspecified atom stereocenters. The van der Waals surface area contributed by atoms with E-state index < -0.39 is 0 Å². The molecule has 1 N–H and O–H groups in total. The zero-order valence-corrected chi connectivity index (χ0v) is 14.1. The van der Waals surface area contributed by atoms with Crippen LogP contribution in [0.1, 0.15) is 65.9 Å². The van der Waals surface area contributed by atoms with Crippen molar-refractivity contribution in [2.45, 2.75) is 66.5 Å². The molecule has 1 aromatic rings. The highest BCUT2D eigenvalue weighted by molar-refractivity contribution is 5.49. The summed E-state index contributed by atoms with van der Waals surface area (Å²) in [6.07, 6.45) is 1.98. The molecule has 0 radical (unpaired) electrons. The Hall–Kier alpha value is -1.16. The van der Waals surface area contributed by atoms with Crippen molar-refractivity contribution in [3.8, 4) is 0 Å². The van der Waals surface area contributed by atoms with Crippen LogP contribution in [0.2, 0.25) is 0 Å². The summed E-state index contributed by atoms with van der Waals surface area (Å²) in [7, 11) is 0. The minimum atomic E-state index is 0.0868. The summed E-state index contributed by atoms with van der Waals surface area (Å²) in [6.45, 7) is 17.9. The molecule has 0 fully saturated rings. The fourth-order valence-corrected chi connectivity index (χ4v) is 2.01. The van der Waals surface area contributed by atoms with Gasteiger partial charge in [0.15, 0.2) is 0 Å². The molecule has 0 amide bonds. The molecule has 1 aromatic heterocycles. The fourth-order valence-electron chi connectivity index (χ4n) is 2.01. The molecule has 4 heteroatoms. The van der Waals surface area contributed by atoms with Crippen molar-refractivity contribution in [1.82, 2.24) is 15.3 Å². The lowest BCUT2D eigenvalue weighted by Crippen LogP contribution is -2.36. The maximum absolute atomic E-state index is 4.78. The Balaban J connectivity index is 3.09. The maximum atomic E-state index is 4.78. The van der Waals surface area contributed by atoms with Crippen molar-refractivity contribution in [3.63, 3.8) is 0 Å². The molecule has 0 aliphatic carbocycles. The molecular weight excluding hydrogens is 248 g/mol. The van der Waals surface area contributed by atoms with E-state index in [0.29, 0.717) is 5.92 Å². The Morgan fingerprint density at radius 1 is 1.20 bits per heavy atom. The number of nitrogens with zero attached hydrogens (tertiary/aromatic N) is 3. The van der Waals surface area contributed by atoms with Crippen LogP contribution in [-0.2, 0) is 6.54 Å². The van der Waals surface area contributed by atoms with Gasteiger partial charge in [-0.25, -0.2) is 9.97 Å². The van der Waals surface area contributed by atoms with Gasteiger partial charge in [-0.2, -0.15) is 0 Å². The van der Waals surface area contributed by atoms with E-state index in [0.717, 1.165) is 36.8 Å². The van der Waals surface area contributed by atoms with E-state index in [1.807, 2.05) is 6.20 Å². The monoisotopic (exact) mass is 278 g/mol. The molecule has 0 bridgehead atoms. The summed E-state index contributed by atoms with van der Waals surface area (Å²) < 4.78 is 0. The Morgan fingerprint density at radius 2 is 1.80 bits per heavy atom. The molecule has 1 rings (SSSR count). The van der Waals surface area contributed by atoms with Crippen LogP contribution in [0.4, 0.5) is 5.69 Å². The van der Waals surface area contributed by atoms with E-state index in [4.69, 9.17) is 4.98 Å². The van der Waals surface area contributed by atoms with Crippen LogP contribution in [0.3, 0.4) is 0 Å². The summed E-state index contributed by atoms with van der Waals surface area (Å²) in [5.74, 6) is 1.28. The normalized spacial score (nSPS) is 12.0. The molecular formula is C16H30N4. The van der Waals surface area contributed by atoms with Gasteiger partial charge in [-0.1, -0.05) is 13.8 Å². The first kappa shape index (κ1) is 16.9. The van der Waals surface area contributed by atoms with Gasteiger partial charge in [-0.3, -0.25) is 0 Å². The topological polar surface area (TPSA) is 41.1 Å². The second-order valence-electron chi connectivity index (χ2n) is 6.49. The third kappa shape index (κ3) is 4.75. The highest BCUT2D eigenvalue weighted by atomic mass is 15.1. The lowest BCUT2D eigenvalue weighted by atomic mass is 10.1. The number of rotatable bonds is 6. The molecule has 114 valence electrons. The second-order valence-corrected chi connectivity index (χ2v) is 6.49. The summed E-state index contributed by atoms with van der Waals surface area (Å²) in [4.78, 5) is 11.6. The highest BCUT2D eigenvalue weighted by Crippen LogP contribution is 2.21. The molecule has 0 aliphatic rings. The number of hydrogen-bond donors (Lipinski definition) is 1. The molecule has 0 spiro atoms. The molecule has 0 aromatic carbocycles. The average molecular weight is 278 g/mol. The lowest BCUT2D eigenvalue weighted by molar-refractivity contribution is 0.420.